The Morgan fingerprint density at radius 1 is 1.50 bits per heavy atom. The fourth-order valence-electron chi connectivity index (χ4n) is 1.94. The lowest BCUT2D eigenvalue weighted by atomic mass is 10.0. The summed E-state index contributed by atoms with van der Waals surface area (Å²) in [6.07, 6.45) is 2.06. The zero-order chi connectivity index (χ0) is 14.7. The molecule has 2 N–H and O–H groups in total. The van der Waals surface area contributed by atoms with Crippen molar-refractivity contribution in [3.05, 3.63) is 22.4 Å². The maximum absolute atomic E-state index is 12.3. The van der Waals surface area contributed by atoms with E-state index >= 15 is 0 Å². The van der Waals surface area contributed by atoms with Crippen LogP contribution in [0.4, 0.5) is 4.79 Å². The fourth-order valence-corrected chi connectivity index (χ4v) is 2.64. The summed E-state index contributed by atoms with van der Waals surface area (Å²) >= 11 is 1.63. The molecule has 0 radical (unpaired) electrons. The van der Waals surface area contributed by atoms with E-state index in [0.717, 1.165) is 17.7 Å². The number of hydrogen-bond donors (Lipinski definition) is 2. The van der Waals surface area contributed by atoms with Crippen LogP contribution < -0.4 is 5.32 Å². The van der Waals surface area contributed by atoms with Crippen molar-refractivity contribution in [3.8, 4) is 0 Å². The van der Waals surface area contributed by atoms with Gasteiger partial charge in [0.05, 0.1) is 12.5 Å². The predicted molar refractivity (Wildman–Crippen MR) is 77.7 cm³/mol. The molecule has 2 atom stereocenters. The minimum atomic E-state index is -0.894. The van der Waals surface area contributed by atoms with E-state index in [1.54, 1.807) is 25.2 Å². The van der Waals surface area contributed by atoms with E-state index in [2.05, 4.69) is 5.32 Å². The van der Waals surface area contributed by atoms with E-state index in [4.69, 9.17) is 5.11 Å². The number of rotatable bonds is 6. The molecule has 0 spiro atoms. The molecule has 5 nitrogen and oxygen atoms in total. The van der Waals surface area contributed by atoms with Gasteiger partial charge in [0, 0.05) is 17.0 Å². The Morgan fingerprint density at radius 2 is 2.20 bits per heavy atom. The summed E-state index contributed by atoms with van der Waals surface area (Å²) in [5, 5.41) is 13.8. The van der Waals surface area contributed by atoms with Crippen molar-refractivity contribution in [3.63, 3.8) is 0 Å². The first kappa shape index (κ1) is 14.8. The molecule has 1 heterocycles. The van der Waals surface area contributed by atoms with Gasteiger partial charge in [0.1, 0.15) is 0 Å². The molecule has 1 aromatic heterocycles. The third-order valence-electron chi connectivity index (χ3n) is 3.65. The number of thiophene rings is 1. The molecule has 110 valence electrons. The molecule has 1 aliphatic carbocycles. The molecular weight excluding hydrogens is 276 g/mol. The molecule has 6 heteroatoms. The Morgan fingerprint density at radius 3 is 2.70 bits per heavy atom. The van der Waals surface area contributed by atoms with Crippen LogP contribution in [-0.2, 0) is 11.3 Å². The summed E-state index contributed by atoms with van der Waals surface area (Å²) in [4.78, 5) is 26.2. The van der Waals surface area contributed by atoms with Gasteiger partial charge in [-0.05, 0) is 38.1 Å². The van der Waals surface area contributed by atoms with Crippen molar-refractivity contribution in [1.29, 1.82) is 0 Å². The van der Waals surface area contributed by atoms with Crippen molar-refractivity contribution in [2.45, 2.75) is 45.3 Å². The van der Waals surface area contributed by atoms with Gasteiger partial charge in [0.25, 0.3) is 0 Å². The van der Waals surface area contributed by atoms with Gasteiger partial charge in [-0.25, -0.2) is 4.79 Å². The largest absolute Gasteiger partial charge is 0.481 e. The average molecular weight is 296 g/mol. The lowest BCUT2D eigenvalue weighted by Gasteiger charge is -2.26. The number of hydrogen-bond acceptors (Lipinski definition) is 3. The molecule has 1 aliphatic rings. The third kappa shape index (κ3) is 3.72. The van der Waals surface area contributed by atoms with Crippen LogP contribution in [0, 0.1) is 5.92 Å². The molecule has 2 amide bonds. The Labute approximate surface area is 122 Å². The highest BCUT2D eigenvalue weighted by molar-refractivity contribution is 7.09. The van der Waals surface area contributed by atoms with E-state index in [0.29, 0.717) is 12.6 Å². The fraction of sp³-hybridized carbons (Fsp3) is 0.571. The smallest absolute Gasteiger partial charge is 0.318 e. The van der Waals surface area contributed by atoms with E-state index < -0.39 is 11.9 Å². The lowest BCUT2D eigenvalue weighted by molar-refractivity contribution is -0.141. The molecular formula is C14H20N2O3S. The molecule has 1 aromatic rings. The monoisotopic (exact) mass is 296 g/mol. The number of carbonyl (C=O) groups is 2. The summed E-state index contributed by atoms with van der Waals surface area (Å²) < 4.78 is 0. The second-order valence-corrected chi connectivity index (χ2v) is 6.34. The summed E-state index contributed by atoms with van der Waals surface area (Å²) in [7, 11) is 0. The highest BCUT2D eigenvalue weighted by atomic mass is 32.1. The number of carboxylic acids is 1. The van der Waals surface area contributed by atoms with Gasteiger partial charge < -0.3 is 15.3 Å². The first-order valence-electron chi connectivity index (χ1n) is 6.81. The Balaban J connectivity index is 1.95. The van der Waals surface area contributed by atoms with Gasteiger partial charge in [0.2, 0.25) is 0 Å². The van der Waals surface area contributed by atoms with Crippen LogP contribution in [0.15, 0.2) is 17.5 Å². The van der Waals surface area contributed by atoms with Crippen molar-refractivity contribution in [2.75, 3.05) is 0 Å². The highest BCUT2D eigenvalue weighted by Crippen LogP contribution is 2.29. The third-order valence-corrected chi connectivity index (χ3v) is 4.51. The average Bonchev–Trinajstić information content (AvgIpc) is 3.11. The summed E-state index contributed by atoms with van der Waals surface area (Å²) in [5.74, 6) is -1.49. The van der Waals surface area contributed by atoms with E-state index in [-0.39, 0.29) is 12.1 Å². The quantitative estimate of drug-likeness (QED) is 0.847. The normalized spacial score (nSPS) is 17.3. The van der Waals surface area contributed by atoms with Crippen LogP contribution in [-0.4, -0.2) is 34.1 Å². The van der Waals surface area contributed by atoms with Crippen LogP contribution in [0.3, 0.4) is 0 Å². The Kier molecular flexibility index (Phi) is 4.65. The van der Waals surface area contributed by atoms with Crippen LogP contribution in [0.25, 0.3) is 0 Å². The molecule has 2 rings (SSSR count). The number of nitrogens with one attached hydrogen (secondary N) is 1. The minimum absolute atomic E-state index is 0.165. The number of nitrogens with zero attached hydrogens (tertiary/aromatic N) is 1. The molecule has 1 saturated carbocycles. The van der Waals surface area contributed by atoms with Gasteiger partial charge in [-0.15, -0.1) is 11.3 Å². The second kappa shape index (κ2) is 6.26. The number of carboxylic acid groups (broad SMARTS) is 1. The molecule has 1 fully saturated rings. The zero-order valence-corrected chi connectivity index (χ0v) is 12.5. The van der Waals surface area contributed by atoms with Crippen LogP contribution in [0.5, 0.6) is 0 Å². The lowest BCUT2D eigenvalue weighted by Crippen LogP contribution is -2.47. The van der Waals surface area contributed by atoms with Crippen molar-refractivity contribution in [2.24, 2.45) is 5.92 Å². The van der Waals surface area contributed by atoms with Crippen molar-refractivity contribution >= 4 is 23.3 Å². The van der Waals surface area contributed by atoms with E-state index in [1.165, 1.54) is 0 Å². The first-order valence-corrected chi connectivity index (χ1v) is 7.69. The van der Waals surface area contributed by atoms with Crippen molar-refractivity contribution in [1.82, 2.24) is 10.2 Å². The predicted octanol–water partition coefficient (Wildman–Crippen LogP) is 2.53. The standard InChI is InChI=1S/C14H20N2O3S/c1-9(13(17)18)10(2)15-14(19)16(11-5-6-11)8-12-4-3-7-20-12/h3-4,7,9-11H,5-6,8H2,1-2H3,(H,15,19)(H,17,18). The van der Waals surface area contributed by atoms with Crippen LogP contribution >= 0.6 is 11.3 Å². The number of urea groups is 1. The molecule has 0 aromatic carbocycles. The summed E-state index contributed by atoms with van der Waals surface area (Å²) in [5.41, 5.74) is 0. The van der Waals surface area contributed by atoms with Crippen LogP contribution in [0.2, 0.25) is 0 Å². The molecule has 20 heavy (non-hydrogen) atoms. The number of carbonyl (C=O) groups excluding carboxylic acids is 1. The van der Waals surface area contributed by atoms with Gasteiger partial charge >= 0.3 is 12.0 Å². The molecule has 0 bridgehead atoms. The minimum Gasteiger partial charge on any atom is -0.481 e. The number of amides is 2. The second-order valence-electron chi connectivity index (χ2n) is 5.30. The van der Waals surface area contributed by atoms with Crippen molar-refractivity contribution < 1.29 is 14.7 Å². The summed E-state index contributed by atoms with van der Waals surface area (Å²) in [6.45, 7) is 3.93. The van der Waals surface area contributed by atoms with Gasteiger partial charge in [-0.3, -0.25) is 4.79 Å². The Hall–Kier alpha value is -1.56. The number of aliphatic carboxylic acids is 1. The topological polar surface area (TPSA) is 69.6 Å². The maximum Gasteiger partial charge on any atom is 0.318 e. The molecule has 2 unspecified atom stereocenters. The maximum atomic E-state index is 12.3. The van der Waals surface area contributed by atoms with Gasteiger partial charge in [-0.1, -0.05) is 6.07 Å². The van der Waals surface area contributed by atoms with E-state index in [1.807, 2.05) is 22.4 Å². The molecule has 0 aliphatic heterocycles. The Bertz CT molecular complexity index is 471. The first-order chi connectivity index (χ1) is 9.49. The zero-order valence-electron chi connectivity index (χ0n) is 11.7. The molecule has 0 saturated heterocycles. The van der Waals surface area contributed by atoms with Gasteiger partial charge in [0.15, 0.2) is 0 Å². The van der Waals surface area contributed by atoms with Crippen LogP contribution in [0.1, 0.15) is 31.6 Å². The van der Waals surface area contributed by atoms with Gasteiger partial charge in [-0.2, -0.15) is 0 Å². The SMILES string of the molecule is CC(NC(=O)N(Cc1cccs1)C1CC1)C(C)C(=O)O. The summed E-state index contributed by atoms with van der Waals surface area (Å²) in [6, 6.07) is 3.73. The van der Waals surface area contributed by atoms with E-state index in [9.17, 15) is 9.59 Å². The highest BCUT2D eigenvalue weighted by Gasteiger charge is 2.34.